The maximum Gasteiger partial charge on any atom is 0.255 e. The molecule has 2 N–H and O–H groups in total. The molecule has 0 bridgehead atoms. The van der Waals surface area contributed by atoms with Crippen LogP contribution in [-0.2, 0) is 4.79 Å². The highest BCUT2D eigenvalue weighted by molar-refractivity contribution is 6.31. The number of benzene rings is 2. The Kier molecular flexibility index (Phi) is 6.88. The third kappa shape index (κ3) is 5.15. The number of nitrogens with zero attached hydrogens (tertiary/aromatic N) is 1. The molecule has 1 aliphatic heterocycles. The lowest BCUT2D eigenvalue weighted by atomic mass is 10.1. The van der Waals surface area contributed by atoms with Crippen molar-refractivity contribution in [1.29, 1.82) is 0 Å². The van der Waals surface area contributed by atoms with Crippen LogP contribution in [0.4, 0.5) is 5.69 Å². The highest BCUT2D eigenvalue weighted by atomic mass is 35.5. The third-order valence-electron chi connectivity index (χ3n) is 4.84. The van der Waals surface area contributed by atoms with Crippen molar-refractivity contribution >= 4 is 35.0 Å². The van der Waals surface area contributed by atoms with E-state index in [0.717, 1.165) is 12.8 Å². The average Bonchev–Trinajstić information content (AvgIpc) is 3.22. The summed E-state index contributed by atoms with van der Waals surface area (Å²) >= 11 is 5.92. The lowest BCUT2D eigenvalue weighted by molar-refractivity contribution is -0.124. The first-order valence-electron chi connectivity index (χ1n) is 9.75. The summed E-state index contributed by atoms with van der Waals surface area (Å²) in [4.78, 5) is 39.1. The van der Waals surface area contributed by atoms with Crippen LogP contribution in [-0.4, -0.2) is 41.8 Å². The molecule has 6 nitrogen and oxygen atoms in total. The minimum atomic E-state index is -0.420. The van der Waals surface area contributed by atoms with Gasteiger partial charge in [-0.15, -0.1) is 0 Å². The van der Waals surface area contributed by atoms with Gasteiger partial charge >= 0.3 is 0 Å². The zero-order valence-electron chi connectivity index (χ0n) is 16.3. The third-order valence-corrected chi connectivity index (χ3v) is 5.08. The van der Waals surface area contributed by atoms with Gasteiger partial charge in [-0.1, -0.05) is 24.6 Å². The van der Waals surface area contributed by atoms with E-state index in [4.69, 9.17) is 11.6 Å². The van der Waals surface area contributed by atoms with Crippen molar-refractivity contribution in [3.05, 3.63) is 64.7 Å². The molecular formula is C22H24ClN3O3. The Bertz CT molecular complexity index is 898. The number of nitrogens with one attached hydrogen (secondary N) is 2. The van der Waals surface area contributed by atoms with Crippen LogP contribution in [0.1, 0.15) is 46.9 Å². The lowest BCUT2D eigenvalue weighted by Crippen LogP contribution is -2.46. The monoisotopic (exact) mass is 413 g/mol. The summed E-state index contributed by atoms with van der Waals surface area (Å²) in [5, 5.41) is 6.14. The van der Waals surface area contributed by atoms with E-state index in [1.54, 1.807) is 53.4 Å². The van der Waals surface area contributed by atoms with E-state index in [1.165, 1.54) is 0 Å². The molecule has 1 heterocycles. The standard InChI is InChI=1S/C22H24ClN3O3/c1-2-12-24-21(28)19-7-4-13-26(19)22(29)15-8-10-18(11-9-15)25-20(27)16-5-3-6-17(23)14-16/h3,5-6,8-11,14,19H,2,4,7,12-13H2,1H3,(H,24,28)(H,25,27). The van der Waals surface area contributed by atoms with E-state index >= 15 is 0 Å². The van der Waals surface area contributed by atoms with Crippen LogP contribution < -0.4 is 10.6 Å². The van der Waals surface area contributed by atoms with Gasteiger partial charge in [0.05, 0.1) is 0 Å². The maximum absolute atomic E-state index is 12.9. The van der Waals surface area contributed by atoms with Crippen molar-refractivity contribution in [3.63, 3.8) is 0 Å². The molecule has 29 heavy (non-hydrogen) atoms. The fourth-order valence-electron chi connectivity index (χ4n) is 3.34. The number of anilines is 1. The van der Waals surface area contributed by atoms with Gasteiger partial charge in [-0.2, -0.15) is 0 Å². The number of likely N-dealkylation sites (tertiary alicyclic amines) is 1. The van der Waals surface area contributed by atoms with Crippen molar-refractivity contribution in [2.24, 2.45) is 0 Å². The Labute approximate surface area is 175 Å². The Morgan fingerprint density at radius 3 is 2.55 bits per heavy atom. The van der Waals surface area contributed by atoms with Gasteiger partial charge in [-0.3, -0.25) is 14.4 Å². The van der Waals surface area contributed by atoms with Crippen LogP contribution in [0.3, 0.4) is 0 Å². The summed E-state index contributed by atoms with van der Waals surface area (Å²) in [5.41, 5.74) is 1.52. The molecule has 3 rings (SSSR count). The number of hydrogen-bond acceptors (Lipinski definition) is 3. The van der Waals surface area contributed by atoms with Crippen molar-refractivity contribution in [2.45, 2.75) is 32.2 Å². The van der Waals surface area contributed by atoms with Gasteiger partial charge in [0.2, 0.25) is 5.91 Å². The lowest BCUT2D eigenvalue weighted by Gasteiger charge is -2.24. The van der Waals surface area contributed by atoms with Crippen molar-refractivity contribution in [1.82, 2.24) is 10.2 Å². The highest BCUT2D eigenvalue weighted by Crippen LogP contribution is 2.21. The van der Waals surface area contributed by atoms with Crippen LogP contribution in [0.15, 0.2) is 48.5 Å². The van der Waals surface area contributed by atoms with Gasteiger partial charge in [0.1, 0.15) is 6.04 Å². The average molecular weight is 414 g/mol. The summed E-state index contributed by atoms with van der Waals surface area (Å²) in [5.74, 6) is -0.547. The molecule has 0 radical (unpaired) electrons. The summed E-state index contributed by atoms with van der Waals surface area (Å²) < 4.78 is 0. The molecule has 152 valence electrons. The number of rotatable bonds is 6. The minimum absolute atomic E-state index is 0.0943. The molecule has 2 aromatic rings. The zero-order valence-corrected chi connectivity index (χ0v) is 17.0. The second-order valence-electron chi connectivity index (χ2n) is 6.99. The molecule has 1 aliphatic rings. The number of carbonyl (C=O) groups excluding carboxylic acids is 3. The van der Waals surface area contributed by atoms with E-state index in [9.17, 15) is 14.4 Å². The van der Waals surface area contributed by atoms with E-state index in [1.807, 2.05) is 6.92 Å². The Hall–Kier alpha value is -2.86. The smallest absolute Gasteiger partial charge is 0.255 e. The molecule has 1 unspecified atom stereocenters. The Morgan fingerprint density at radius 2 is 1.86 bits per heavy atom. The van der Waals surface area contributed by atoms with E-state index in [-0.39, 0.29) is 17.7 Å². The Morgan fingerprint density at radius 1 is 1.10 bits per heavy atom. The number of carbonyl (C=O) groups is 3. The number of hydrogen-bond donors (Lipinski definition) is 2. The molecule has 0 aliphatic carbocycles. The molecule has 1 atom stereocenters. The summed E-state index contributed by atoms with van der Waals surface area (Å²) in [6.45, 7) is 3.17. The Balaban J connectivity index is 1.65. The van der Waals surface area contributed by atoms with E-state index in [0.29, 0.717) is 41.3 Å². The molecule has 1 saturated heterocycles. The number of amides is 3. The normalized spacial score (nSPS) is 15.8. The van der Waals surface area contributed by atoms with Gasteiger partial charge in [0.25, 0.3) is 11.8 Å². The first-order valence-corrected chi connectivity index (χ1v) is 10.1. The van der Waals surface area contributed by atoms with E-state index in [2.05, 4.69) is 10.6 Å². The predicted octanol–water partition coefficient (Wildman–Crippen LogP) is 3.72. The van der Waals surface area contributed by atoms with Crippen LogP contribution in [0.5, 0.6) is 0 Å². The molecule has 1 fully saturated rings. The van der Waals surface area contributed by atoms with Crippen LogP contribution in [0.2, 0.25) is 5.02 Å². The molecule has 0 aromatic heterocycles. The molecule has 0 saturated carbocycles. The van der Waals surface area contributed by atoms with Crippen molar-refractivity contribution < 1.29 is 14.4 Å². The second kappa shape index (κ2) is 9.56. The van der Waals surface area contributed by atoms with Gasteiger partial charge < -0.3 is 15.5 Å². The van der Waals surface area contributed by atoms with Crippen LogP contribution in [0, 0.1) is 0 Å². The van der Waals surface area contributed by atoms with Gasteiger partial charge in [-0.25, -0.2) is 0 Å². The van der Waals surface area contributed by atoms with Crippen molar-refractivity contribution in [3.8, 4) is 0 Å². The molecule has 2 aromatic carbocycles. The molecule has 7 heteroatoms. The zero-order chi connectivity index (χ0) is 20.8. The SMILES string of the molecule is CCCNC(=O)C1CCCN1C(=O)c1ccc(NC(=O)c2cccc(Cl)c2)cc1. The highest BCUT2D eigenvalue weighted by Gasteiger charge is 2.34. The maximum atomic E-state index is 12.9. The first-order chi connectivity index (χ1) is 14.0. The fourth-order valence-corrected chi connectivity index (χ4v) is 3.53. The van der Waals surface area contributed by atoms with Crippen LogP contribution in [0.25, 0.3) is 0 Å². The first kappa shape index (κ1) is 20.9. The molecule has 3 amide bonds. The summed E-state index contributed by atoms with van der Waals surface area (Å²) in [6.07, 6.45) is 2.34. The van der Waals surface area contributed by atoms with Crippen LogP contribution >= 0.6 is 11.6 Å². The quantitative estimate of drug-likeness (QED) is 0.757. The second-order valence-corrected chi connectivity index (χ2v) is 7.43. The summed E-state index contributed by atoms with van der Waals surface area (Å²) in [6, 6.07) is 12.9. The van der Waals surface area contributed by atoms with Gasteiger partial charge in [-0.05, 0) is 61.7 Å². The van der Waals surface area contributed by atoms with Crippen molar-refractivity contribution in [2.75, 3.05) is 18.4 Å². The largest absolute Gasteiger partial charge is 0.354 e. The fraction of sp³-hybridized carbons (Fsp3) is 0.318. The molecule has 0 spiro atoms. The minimum Gasteiger partial charge on any atom is -0.354 e. The topological polar surface area (TPSA) is 78.5 Å². The summed E-state index contributed by atoms with van der Waals surface area (Å²) in [7, 11) is 0. The predicted molar refractivity (Wildman–Crippen MR) is 113 cm³/mol. The van der Waals surface area contributed by atoms with E-state index < -0.39 is 6.04 Å². The van der Waals surface area contributed by atoms with Gasteiger partial charge in [0.15, 0.2) is 0 Å². The number of halogens is 1. The molecular weight excluding hydrogens is 390 g/mol. The van der Waals surface area contributed by atoms with Gasteiger partial charge in [0, 0.05) is 34.9 Å².